The molecule has 0 radical (unpaired) electrons. The largest absolute Gasteiger partial charge is 0.490 e. The van der Waals surface area contributed by atoms with Gasteiger partial charge in [0.05, 0.1) is 12.2 Å². The Balaban J connectivity index is 2.22. The molecule has 15 heavy (non-hydrogen) atoms. The molecule has 0 saturated carbocycles. The van der Waals surface area contributed by atoms with E-state index in [9.17, 15) is 4.79 Å². The van der Waals surface area contributed by atoms with Crippen LogP contribution >= 0.6 is 0 Å². The summed E-state index contributed by atoms with van der Waals surface area (Å²) in [4.78, 5) is 11.8. The van der Waals surface area contributed by atoms with Gasteiger partial charge in [-0.1, -0.05) is 13.0 Å². The molecule has 1 aliphatic heterocycles. The Morgan fingerprint density at radius 1 is 1.53 bits per heavy atom. The summed E-state index contributed by atoms with van der Waals surface area (Å²) in [5.74, 6) is 1.01. The summed E-state index contributed by atoms with van der Waals surface area (Å²) in [6, 6.07) is 0. The summed E-state index contributed by atoms with van der Waals surface area (Å²) in [5.41, 5.74) is 0.722. The minimum absolute atomic E-state index is 0.0411. The van der Waals surface area contributed by atoms with Crippen molar-refractivity contribution in [2.24, 2.45) is 11.8 Å². The van der Waals surface area contributed by atoms with Gasteiger partial charge in [0.2, 0.25) is 0 Å². The number of fused-ring (bicyclic) bond motifs is 1. The standard InChI is InChI=1S/C12H16O3/c1-4-14-12(13)11-8(3)15-9-6-5-7(2)10(9)11/h5-7,9-10H,4H2,1-3H3/t7-,9?,10?/m1/s1. The van der Waals surface area contributed by atoms with Crippen molar-refractivity contribution in [1.29, 1.82) is 0 Å². The number of hydrogen-bond acceptors (Lipinski definition) is 3. The zero-order chi connectivity index (χ0) is 11.0. The average Bonchev–Trinajstić information content (AvgIpc) is 2.67. The van der Waals surface area contributed by atoms with Crippen molar-refractivity contribution in [2.75, 3.05) is 6.61 Å². The quantitative estimate of drug-likeness (QED) is 0.514. The van der Waals surface area contributed by atoms with E-state index in [1.54, 1.807) is 0 Å². The van der Waals surface area contributed by atoms with Gasteiger partial charge in [0.1, 0.15) is 11.9 Å². The summed E-state index contributed by atoms with van der Waals surface area (Å²) >= 11 is 0. The Kier molecular flexibility index (Phi) is 2.55. The fourth-order valence-corrected chi connectivity index (χ4v) is 2.35. The maximum atomic E-state index is 11.8. The second-order valence-electron chi connectivity index (χ2n) is 4.04. The monoisotopic (exact) mass is 208 g/mol. The summed E-state index contributed by atoms with van der Waals surface area (Å²) in [6.07, 6.45) is 4.17. The maximum absolute atomic E-state index is 11.8. The lowest BCUT2D eigenvalue weighted by atomic mass is 9.89. The second-order valence-corrected chi connectivity index (χ2v) is 4.04. The van der Waals surface area contributed by atoms with Gasteiger partial charge in [-0.2, -0.15) is 0 Å². The molecule has 0 bridgehead atoms. The third-order valence-corrected chi connectivity index (χ3v) is 3.05. The van der Waals surface area contributed by atoms with E-state index < -0.39 is 0 Å². The Labute approximate surface area is 89.8 Å². The molecule has 3 atom stereocenters. The van der Waals surface area contributed by atoms with Gasteiger partial charge in [-0.3, -0.25) is 0 Å². The minimum Gasteiger partial charge on any atom is -0.490 e. The highest BCUT2D eigenvalue weighted by Crippen LogP contribution is 2.41. The van der Waals surface area contributed by atoms with Crippen LogP contribution < -0.4 is 0 Å². The molecule has 0 aromatic heterocycles. The normalized spacial score (nSPS) is 32.9. The molecule has 2 rings (SSSR count). The molecule has 2 unspecified atom stereocenters. The van der Waals surface area contributed by atoms with Crippen LogP contribution in [0.1, 0.15) is 20.8 Å². The Morgan fingerprint density at radius 2 is 2.27 bits per heavy atom. The highest BCUT2D eigenvalue weighted by Gasteiger charge is 2.43. The van der Waals surface area contributed by atoms with E-state index in [-0.39, 0.29) is 18.0 Å². The van der Waals surface area contributed by atoms with Gasteiger partial charge in [-0.25, -0.2) is 4.79 Å². The van der Waals surface area contributed by atoms with Crippen LogP contribution in [0.4, 0.5) is 0 Å². The summed E-state index contributed by atoms with van der Waals surface area (Å²) in [5, 5.41) is 0. The third kappa shape index (κ3) is 1.56. The van der Waals surface area contributed by atoms with Gasteiger partial charge in [-0.15, -0.1) is 0 Å². The Morgan fingerprint density at radius 3 is 2.93 bits per heavy atom. The van der Waals surface area contributed by atoms with Gasteiger partial charge in [0, 0.05) is 5.92 Å². The molecule has 0 aromatic rings. The molecule has 82 valence electrons. The van der Waals surface area contributed by atoms with Crippen LogP contribution in [0.2, 0.25) is 0 Å². The molecule has 3 heteroatoms. The van der Waals surface area contributed by atoms with Gasteiger partial charge < -0.3 is 9.47 Å². The molecule has 0 N–H and O–H groups in total. The van der Waals surface area contributed by atoms with Crippen LogP contribution in [0.25, 0.3) is 0 Å². The van der Waals surface area contributed by atoms with E-state index in [4.69, 9.17) is 9.47 Å². The fraction of sp³-hybridized carbons (Fsp3) is 0.583. The van der Waals surface area contributed by atoms with E-state index in [0.29, 0.717) is 12.5 Å². The smallest absolute Gasteiger partial charge is 0.337 e. The van der Waals surface area contributed by atoms with Crippen molar-refractivity contribution in [3.8, 4) is 0 Å². The number of ether oxygens (including phenoxy) is 2. The van der Waals surface area contributed by atoms with Gasteiger partial charge in [-0.05, 0) is 25.8 Å². The molecule has 0 fully saturated rings. The van der Waals surface area contributed by atoms with Crippen LogP contribution in [-0.4, -0.2) is 18.7 Å². The molecule has 3 nitrogen and oxygen atoms in total. The first kappa shape index (κ1) is 10.3. The second kappa shape index (κ2) is 3.72. The number of allylic oxidation sites excluding steroid dienone is 2. The molecular formula is C12H16O3. The zero-order valence-corrected chi connectivity index (χ0v) is 9.32. The Bertz CT molecular complexity index is 341. The van der Waals surface area contributed by atoms with Crippen molar-refractivity contribution >= 4 is 5.97 Å². The van der Waals surface area contributed by atoms with Crippen LogP contribution in [0.5, 0.6) is 0 Å². The molecule has 0 amide bonds. The number of hydrogen-bond donors (Lipinski definition) is 0. The van der Waals surface area contributed by atoms with Crippen molar-refractivity contribution in [3.05, 3.63) is 23.5 Å². The molecule has 1 heterocycles. The van der Waals surface area contributed by atoms with Crippen molar-refractivity contribution in [3.63, 3.8) is 0 Å². The number of esters is 1. The highest BCUT2D eigenvalue weighted by molar-refractivity contribution is 5.90. The van der Waals surface area contributed by atoms with Crippen molar-refractivity contribution < 1.29 is 14.3 Å². The lowest BCUT2D eigenvalue weighted by Gasteiger charge is -2.15. The van der Waals surface area contributed by atoms with E-state index in [1.807, 2.05) is 19.9 Å². The first-order chi connectivity index (χ1) is 7.15. The van der Waals surface area contributed by atoms with Crippen molar-refractivity contribution in [2.45, 2.75) is 26.9 Å². The summed E-state index contributed by atoms with van der Waals surface area (Å²) < 4.78 is 10.7. The van der Waals surface area contributed by atoms with E-state index in [2.05, 4.69) is 13.0 Å². The molecular weight excluding hydrogens is 192 g/mol. The van der Waals surface area contributed by atoms with Gasteiger partial charge in [0.25, 0.3) is 0 Å². The molecule has 1 aliphatic carbocycles. The van der Waals surface area contributed by atoms with Crippen LogP contribution in [0.15, 0.2) is 23.5 Å². The highest BCUT2D eigenvalue weighted by atomic mass is 16.5. The lowest BCUT2D eigenvalue weighted by molar-refractivity contribution is -0.139. The maximum Gasteiger partial charge on any atom is 0.337 e. The summed E-state index contributed by atoms with van der Waals surface area (Å²) in [7, 11) is 0. The van der Waals surface area contributed by atoms with E-state index in [0.717, 1.165) is 11.3 Å². The zero-order valence-electron chi connectivity index (χ0n) is 9.32. The molecule has 0 aromatic carbocycles. The van der Waals surface area contributed by atoms with E-state index in [1.165, 1.54) is 0 Å². The minimum atomic E-state index is -0.224. The predicted octanol–water partition coefficient (Wildman–Crippen LogP) is 2.04. The molecule has 2 aliphatic rings. The molecule has 0 saturated heterocycles. The topological polar surface area (TPSA) is 35.5 Å². The lowest BCUT2D eigenvalue weighted by Crippen LogP contribution is -2.22. The van der Waals surface area contributed by atoms with Gasteiger partial charge >= 0.3 is 5.97 Å². The number of rotatable bonds is 2. The predicted molar refractivity (Wildman–Crippen MR) is 56.0 cm³/mol. The number of carbonyl (C=O) groups is 1. The summed E-state index contributed by atoms with van der Waals surface area (Å²) in [6.45, 7) is 6.17. The Hall–Kier alpha value is -1.25. The first-order valence-electron chi connectivity index (χ1n) is 5.38. The average molecular weight is 208 g/mol. The van der Waals surface area contributed by atoms with E-state index >= 15 is 0 Å². The van der Waals surface area contributed by atoms with Crippen molar-refractivity contribution in [1.82, 2.24) is 0 Å². The number of carbonyl (C=O) groups excluding carboxylic acids is 1. The van der Waals surface area contributed by atoms with Gasteiger partial charge in [0.15, 0.2) is 0 Å². The SMILES string of the molecule is CCOC(=O)C1=C(C)OC2C=C[C@@H](C)C12. The first-order valence-corrected chi connectivity index (χ1v) is 5.38. The third-order valence-electron chi connectivity index (χ3n) is 3.05. The molecule has 0 spiro atoms. The van der Waals surface area contributed by atoms with Crippen LogP contribution in [-0.2, 0) is 14.3 Å². The van der Waals surface area contributed by atoms with Crippen LogP contribution in [0.3, 0.4) is 0 Å². The fourth-order valence-electron chi connectivity index (χ4n) is 2.35. The van der Waals surface area contributed by atoms with Crippen LogP contribution in [0, 0.1) is 11.8 Å².